The zero-order valence-corrected chi connectivity index (χ0v) is 19.7. The van der Waals surface area contributed by atoms with Gasteiger partial charge in [0.25, 0.3) is 11.5 Å². The van der Waals surface area contributed by atoms with Gasteiger partial charge in [0, 0.05) is 19.3 Å². The molecule has 0 spiro atoms. The van der Waals surface area contributed by atoms with E-state index in [1.807, 2.05) is 45.9 Å². The van der Waals surface area contributed by atoms with E-state index in [9.17, 15) is 14.4 Å². The SMILES string of the molecule is Cc1nc(-c2ccccn2)sc1C(=O)N(CC(C)C)c1c(N)n(CC(C)C)c(=O)[nH]c1=O. The number of thiazole rings is 1. The Kier molecular flexibility index (Phi) is 6.93. The Morgan fingerprint density at radius 1 is 1.22 bits per heavy atom. The van der Waals surface area contributed by atoms with E-state index in [0.29, 0.717) is 27.8 Å². The van der Waals surface area contributed by atoms with Gasteiger partial charge in [-0.2, -0.15) is 0 Å². The van der Waals surface area contributed by atoms with Crippen molar-refractivity contribution in [2.45, 2.75) is 41.2 Å². The van der Waals surface area contributed by atoms with Crippen LogP contribution in [0, 0.1) is 18.8 Å². The van der Waals surface area contributed by atoms with E-state index in [-0.39, 0.29) is 35.8 Å². The van der Waals surface area contributed by atoms with Crippen molar-refractivity contribution in [1.82, 2.24) is 19.5 Å². The van der Waals surface area contributed by atoms with E-state index in [1.54, 1.807) is 13.1 Å². The third kappa shape index (κ3) is 4.80. The number of aryl methyl sites for hydroxylation is 1. The number of hydrogen-bond donors (Lipinski definition) is 2. The Hall–Kier alpha value is -3.27. The summed E-state index contributed by atoms with van der Waals surface area (Å²) < 4.78 is 1.31. The van der Waals surface area contributed by atoms with Gasteiger partial charge in [0.05, 0.1) is 11.4 Å². The minimum absolute atomic E-state index is 0.0175. The molecule has 0 aliphatic carbocycles. The number of pyridine rings is 1. The number of nitrogens with zero attached hydrogens (tertiary/aromatic N) is 4. The molecular formula is C22H28N6O3S. The Bertz CT molecular complexity index is 1230. The van der Waals surface area contributed by atoms with Gasteiger partial charge < -0.3 is 5.73 Å². The first kappa shape index (κ1) is 23.4. The predicted molar refractivity (Wildman–Crippen MR) is 127 cm³/mol. The minimum Gasteiger partial charge on any atom is -0.383 e. The van der Waals surface area contributed by atoms with Crippen molar-refractivity contribution in [1.29, 1.82) is 0 Å². The summed E-state index contributed by atoms with van der Waals surface area (Å²) in [6.45, 7) is 10.1. The van der Waals surface area contributed by atoms with E-state index in [4.69, 9.17) is 5.73 Å². The number of H-pyrrole nitrogens is 1. The molecule has 0 unspecified atom stereocenters. The lowest BCUT2D eigenvalue weighted by atomic mass is 10.1. The number of aromatic amines is 1. The van der Waals surface area contributed by atoms with Gasteiger partial charge in [-0.1, -0.05) is 33.8 Å². The van der Waals surface area contributed by atoms with Gasteiger partial charge in [0.15, 0.2) is 5.69 Å². The third-order valence-electron chi connectivity index (χ3n) is 4.70. The summed E-state index contributed by atoms with van der Waals surface area (Å²) in [7, 11) is 0. The molecule has 0 radical (unpaired) electrons. The Labute approximate surface area is 190 Å². The molecule has 3 aromatic rings. The normalized spacial score (nSPS) is 11.3. The molecule has 0 saturated carbocycles. The fraction of sp³-hybridized carbons (Fsp3) is 0.409. The first-order valence-corrected chi connectivity index (χ1v) is 11.2. The van der Waals surface area contributed by atoms with Crippen LogP contribution in [0.2, 0.25) is 0 Å². The molecule has 0 bridgehead atoms. The highest BCUT2D eigenvalue weighted by atomic mass is 32.1. The summed E-state index contributed by atoms with van der Waals surface area (Å²) in [5.41, 5.74) is 6.20. The maximum absolute atomic E-state index is 13.6. The molecule has 32 heavy (non-hydrogen) atoms. The van der Waals surface area contributed by atoms with Crippen LogP contribution in [0.5, 0.6) is 0 Å². The van der Waals surface area contributed by atoms with Crippen molar-refractivity contribution in [2.24, 2.45) is 11.8 Å². The van der Waals surface area contributed by atoms with E-state index >= 15 is 0 Å². The monoisotopic (exact) mass is 456 g/mol. The van der Waals surface area contributed by atoms with E-state index in [0.717, 1.165) is 0 Å². The number of hydrogen-bond acceptors (Lipinski definition) is 7. The number of amides is 1. The number of anilines is 2. The molecule has 9 nitrogen and oxygen atoms in total. The summed E-state index contributed by atoms with van der Waals surface area (Å²) in [6.07, 6.45) is 1.66. The van der Waals surface area contributed by atoms with Crippen LogP contribution in [0.15, 0.2) is 34.0 Å². The molecule has 0 aliphatic rings. The van der Waals surface area contributed by atoms with Crippen molar-refractivity contribution in [2.75, 3.05) is 17.2 Å². The first-order chi connectivity index (χ1) is 15.1. The third-order valence-corrected chi connectivity index (χ3v) is 5.87. The zero-order valence-electron chi connectivity index (χ0n) is 18.9. The summed E-state index contributed by atoms with van der Waals surface area (Å²) in [4.78, 5) is 51.7. The summed E-state index contributed by atoms with van der Waals surface area (Å²) >= 11 is 1.21. The van der Waals surface area contributed by atoms with Crippen molar-refractivity contribution in [3.05, 3.63) is 55.8 Å². The molecule has 3 aromatic heterocycles. The Balaban J connectivity index is 2.13. The second kappa shape index (κ2) is 9.47. The quantitative estimate of drug-likeness (QED) is 0.563. The van der Waals surface area contributed by atoms with Crippen LogP contribution in [0.3, 0.4) is 0 Å². The van der Waals surface area contributed by atoms with Crippen molar-refractivity contribution >= 4 is 28.7 Å². The van der Waals surface area contributed by atoms with Gasteiger partial charge in [-0.05, 0) is 30.9 Å². The fourth-order valence-electron chi connectivity index (χ4n) is 3.34. The fourth-order valence-corrected chi connectivity index (χ4v) is 4.33. The molecular weight excluding hydrogens is 428 g/mol. The first-order valence-electron chi connectivity index (χ1n) is 10.4. The second-order valence-electron chi connectivity index (χ2n) is 8.46. The minimum atomic E-state index is -0.686. The number of carbonyl (C=O) groups excluding carboxylic acids is 1. The number of nitrogens with one attached hydrogen (secondary N) is 1. The van der Waals surface area contributed by atoms with Crippen molar-refractivity contribution < 1.29 is 4.79 Å². The zero-order chi connectivity index (χ0) is 23.6. The van der Waals surface area contributed by atoms with Crippen LogP contribution in [0.25, 0.3) is 10.7 Å². The standard InChI is InChI=1S/C22H28N6O3S/c1-12(2)10-27(16-18(23)28(11-13(3)4)22(31)26-19(16)29)21(30)17-14(5)25-20(32-17)15-8-6-7-9-24-15/h6-9,12-13H,10-11,23H2,1-5H3,(H,26,29,31). The summed E-state index contributed by atoms with van der Waals surface area (Å²) in [5.74, 6) is -0.240. The van der Waals surface area contributed by atoms with Gasteiger partial charge in [-0.25, -0.2) is 9.78 Å². The molecule has 0 aliphatic heterocycles. The number of rotatable bonds is 7. The molecule has 0 fully saturated rings. The number of nitrogens with two attached hydrogens (primary N) is 1. The average molecular weight is 457 g/mol. The topological polar surface area (TPSA) is 127 Å². The van der Waals surface area contributed by atoms with Crippen LogP contribution in [0.4, 0.5) is 11.5 Å². The van der Waals surface area contributed by atoms with E-state index in [1.165, 1.54) is 20.8 Å². The van der Waals surface area contributed by atoms with E-state index in [2.05, 4.69) is 15.0 Å². The highest BCUT2D eigenvalue weighted by Gasteiger charge is 2.29. The van der Waals surface area contributed by atoms with Crippen LogP contribution in [-0.4, -0.2) is 32.0 Å². The lowest BCUT2D eigenvalue weighted by Crippen LogP contribution is -2.43. The number of carbonyl (C=O) groups is 1. The molecule has 1 amide bonds. The van der Waals surface area contributed by atoms with Crippen LogP contribution in [-0.2, 0) is 6.54 Å². The average Bonchev–Trinajstić information content (AvgIpc) is 3.11. The van der Waals surface area contributed by atoms with Gasteiger partial charge >= 0.3 is 5.69 Å². The Morgan fingerprint density at radius 3 is 2.53 bits per heavy atom. The van der Waals surface area contributed by atoms with Gasteiger partial charge in [-0.15, -0.1) is 11.3 Å². The maximum atomic E-state index is 13.6. The van der Waals surface area contributed by atoms with Crippen molar-refractivity contribution in [3.63, 3.8) is 0 Å². The smallest absolute Gasteiger partial charge is 0.330 e. The van der Waals surface area contributed by atoms with Crippen LogP contribution >= 0.6 is 11.3 Å². The highest BCUT2D eigenvalue weighted by Crippen LogP contribution is 2.29. The van der Waals surface area contributed by atoms with E-state index < -0.39 is 11.2 Å². The predicted octanol–water partition coefficient (Wildman–Crippen LogP) is 2.90. The van der Waals surface area contributed by atoms with Gasteiger partial charge in [-0.3, -0.25) is 29.0 Å². The summed E-state index contributed by atoms with van der Waals surface area (Å²) in [6, 6.07) is 5.48. The maximum Gasteiger partial charge on any atom is 0.330 e. The number of nitrogen functional groups attached to an aromatic ring is 1. The molecule has 170 valence electrons. The van der Waals surface area contributed by atoms with Gasteiger partial charge in [0.2, 0.25) is 0 Å². The molecule has 0 aromatic carbocycles. The largest absolute Gasteiger partial charge is 0.383 e. The second-order valence-corrected chi connectivity index (χ2v) is 9.45. The lowest BCUT2D eigenvalue weighted by Gasteiger charge is -2.26. The Morgan fingerprint density at radius 2 is 1.94 bits per heavy atom. The van der Waals surface area contributed by atoms with Crippen LogP contribution < -0.4 is 21.9 Å². The number of aromatic nitrogens is 4. The highest BCUT2D eigenvalue weighted by molar-refractivity contribution is 7.17. The molecule has 3 rings (SSSR count). The molecule has 10 heteroatoms. The molecule has 3 N–H and O–H groups in total. The van der Waals surface area contributed by atoms with Gasteiger partial charge in [0.1, 0.15) is 15.7 Å². The lowest BCUT2D eigenvalue weighted by molar-refractivity contribution is 0.0986. The van der Waals surface area contributed by atoms with Crippen molar-refractivity contribution in [3.8, 4) is 10.7 Å². The molecule has 0 atom stereocenters. The van der Waals surface area contributed by atoms with Crippen LogP contribution in [0.1, 0.15) is 43.1 Å². The summed E-state index contributed by atoms with van der Waals surface area (Å²) in [5, 5.41) is 0.614. The molecule has 3 heterocycles. The molecule has 0 saturated heterocycles.